The van der Waals surface area contributed by atoms with Crippen LogP contribution in [-0.2, 0) is 4.79 Å². The van der Waals surface area contributed by atoms with Gasteiger partial charge in [-0.2, -0.15) is 0 Å². The molecule has 0 aliphatic carbocycles. The van der Waals surface area contributed by atoms with Gasteiger partial charge < -0.3 is 4.90 Å². The monoisotopic (exact) mass is 239 g/mol. The number of rotatable bonds is 8. The minimum atomic E-state index is 0.0130. The summed E-state index contributed by atoms with van der Waals surface area (Å²) in [7, 11) is 1.96. The van der Waals surface area contributed by atoms with Gasteiger partial charge in [0.25, 0.3) is 0 Å². The second-order valence-corrected chi connectivity index (χ2v) is 5.67. The molecule has 1 rings (SSSR count). The van der Waals surface area contributed by atoms with E-state index in [-0.39, 0.29) is 5.41 Å². The summed E-state index contributed by atoms with van der Waals surface area (Å²) < 4.78 is 0. The first kappa shape index (κ1) is 14.5. The Morgan fingerprint density at radius 1 is 1.06 bits per heavy atom. The highest BCUT2D eigenvalue weighted by atomic mass is 16.2. The fraction of sp³-hybridized carbons (Fsp3) is 0.933. The van der Waals surface area contributed by atoms with Gasteiger partial charge in [0.05, 0.1) is 5.41 Å². The molecule has 0 unspecified atom stereocenters. The molecule has 0 saturated carbocycles. The van der Waals surface area contributed by atoms with Crippen molar-refractivity contribution in [3.8, 4) is 0 Å². The van der Waals surface area contributed by atoms with Crippen LogP contribution >= 0.6 is 0 Å². The molecule has 100 valence electrons. The molecule has 2 heteroatoms. The lowest BCUT2D eigenvalue weighted by atomic mass is 9.76. The quantitative estimate of drug-likeness (QED) is 0.586. The molecule has 2 nitrogen and oxygen atoms in total. The summed E-state index contributed by atoms with van der Waals surface area (Å²) in [6.07, 6.45) is 10.8. The minimum Gasteiger partial charge on any atom is -0.345 e. The number of hydrogen-bond acceptors (Lipinski definition) is 1. The number of amides is 1. The normalized spacial score (nSPS) is 19.0. The van der Waals surface area contributed by atoms with Gasteiger partial charge in [-0.15, -0.1) is 0 Å². The SMILES string of the molecule is CCCCCC1(CCCCC)CCN(C)C1=O. The van der Waals surface area contributed by atoms with Crippen molar-refractivity contribution in [3.63, 3.8) is 0 Å². The third-order valence-electron chi connectivity index (χ3n) is 4.24. The van der Waals surface area contributed by atoms with Crippen molar-refractivity contribution in [1.82, 2.24) is 4.90 Å². The molecular formula is C15H29NO. The van der Waals surface area contributed by atoms with Crippen molar-refractivity contribution in [2.75, 3.05) is 13.6 Å². The Morgan fingerprint density at radius 3 is 1.94 bits per heavy atom. The van der Waals surface area contributed by atoms with E-state index in [0.717, 1.165) is 25.8 Å². The van der Waals surface area contributed by atoms with E-state index in [0.29, 0.717) is 5.91 Å². The van der Waals surface area contributed by atoms with Crippen LogP contribution in [0.4, 0.5) is 0 Å². The Balaban J connectivity index is 2.54. The largest absolute Gasteiger partial charge is 0.345 e. The number of nitrogens with zero attached hydrogens (tertiary/aromatic N) is 1. The molecule has 1 heterocycles. The second-order valence-electron chi connectivity index (χ2n) is 5.67. The van der Waals surface area contributed by atoms with Crippen LogP contribution in [0.2, 0.25) is 0 Å². The molecule has 0 aromatic rings. The zero-order valence-corrected chi connectivity index (χ0v) is 11.9. The van der Waals surface area contributed by atoms with E-state index in [4.69, 9.17) is 0 Å². The van der Waals surface area contributed by atoms with Crippen LogP contribution in [0.15, 0.2) is 0 Å². The van der Waals surface area contributed by atoms with Crippen LogP contribution in [0.3, 0.4) is 0 Å². The molecule has 0 aromatic carbocycles. The first-order valence-corrected chi connectivity index (χ1v) is 7.42. The lowest BCUT2D eigenvalue weighted by Crippen LogP contribution is -2.32. The summed E-state index contributed by atoms with van der Waals surface area (Å²) in [4.78, 5) is 14.3. The summed E-state index contributed by atoms with van der Waals surface area (Å²) in [5, 5.41) is 0. The topological polar surface area (TPSA) is 20.3 Å². The molecule has 1 aliphatic heterocycles. The molecule has 0 N–H and O–H groups in total. The van der Waals surface area contributed by atoms with Crippen molar-refractivity contribution in [2.24, 2.45) is 5.41 Å². The van der Waals surface area contributed by atoms with Gasteiger partial charge in [0.1, 0.15) is 0 Å². The highest BCUT2D eigenvalue weighted by Gasteiger charge is 2.43. The van der Waals surface area contributed by atoms with Crippen LogP contribution in [-0.4, -0.2) is 24.4 Å². The first-order chi connectivity index (χ1) is 8.16. The average molecular weight is 239 g/mol. The van der Waals surface area contributed by atoms with Crippen LogP contribution in [0.25, 0.3) is 0 Å². The Morgan fingerprint density at radius 2 is 1.59 bits per heavy atom. The molecule has 0 spiro atoms. The van der Waals surface area contributed by atoms with Gasteiger partial charge in [0.15, 0.2) is 0 Å². The van der Waals surface area contributed by atoms with Crippen LogP contribution in [0.1, 0.15) is 71.6 Å². The Hall–Kier alpha value is -0.530. The number of likely N-dealkylation sites (tertiary alicyclic amines) is 1. The predicted octanol–water partition coefficient (Wildman–Crippen LogP) is 4.00. The van der Waals surface area contributed by atoms with E-state index in [1.165, 1.54) is 38.5 Å². The summed E-state index contributed by atoms with van der Waals surface area (Å²) in [5.41, 5.74) is 0.0130. The summed E-state index contributed by atoms with van der Waals surface area (Å²) in [5.74, 6) is 0.421. The number of hydrogen-bond donors (Lipinski definition) is 0. The maximum absolute atomic E-state index is 12.3. The third kappa shape index (κ3) is 3.72. The molecule has 17 heavy (non-hydrogen) atoms. The fourth-order valence-corrected chi connectivity index (χ4v) is 3.01. The van der Waals surface area contributed by atoms with E-state index < -0.39 is 0 Å². The lowest BCUT2D eigenvalue weighted by molar-refractivity contribution is -0.135. The van der Waals surface area contributed by atoms with E-state index in [1.807, 2.05) is 11.9 Å². The lowest BCUT2D eigenvalue weighted by Gasteiger charge is -2.27. The molecule has 1 fully saturated rings. The average Bonchev–Trinajstić information content (AvgIpc) is 2.59. The fourth-order valence-electron chi connectivity index (χ4n) is 3.01. The highest BCUT2D eigenvalue weighted by Crippen LogP contribution is 2.41. The maximum Gasteiger partial charge on any atom is 0.228 e. The van der Waals surface area contributed by atoms with E-state index in [9.17, 15) is 4.79 Å². The van der Waals surface area contributed by atoms with Gasteiger partial charge in [-0.05, 0) is 19.3 Å². The van der Waals surface area contributed by atoms with Crippen molar-refractivity contribution in [2.45, 2.75) is 71.6 Å². The summed E-state index contributed by atoms with van der Waals surface area (Å²) in [6.45, 7) is 5.43. The van der Waals surface area contributed by atoms with Gasteiger partial charge in [-0.3, -0.25) is 4.79 Å². The molecule has 0 radical (unpaired) electrons. The van der Waals surface area contributed by atoms with Gasteiger partial charge in [-0.25, -0.2) is 0 Å². The third-order valence-corrected chi connectivity index (χ3v) is 4.24. The molecule has 1 amide bonds. The molecule has 0 atom stereocenters. The van der Waals surface area contributed by atoms with Gasteiger partial charge in [-0.1, -0.05) is 52.4 Å². The zero-order chi connectivity index (χ0) is 12.7. The molecule has 1 aliphatic rings. The van der Waals surface area contributed by atoms with E-state index >= 15 is 0 Å². The molecular weight excluding hydrogens is 210 g/mol. The van der Waals surface area contributed by atoms with Crippen molar-refractivity contribution in [1.29, 1.82) is 0 Å². The molecule has 0 bridgehead atoms. The number of unbranched alkanes of at least 4 members (excludes halogenated alkanes) is 4. The van der Waals surface area contributed by atoms with Gasteiger partial charge >= 0.3 is 0 Å². The smallest absolute Gasteiger partial charge is 0.228 e. The Kier molecular flexibility index (Phi) is 6.01. The molecule has 0 aromatic heterocycles. The Labute approximate surface area is 107 Å². The Bertz CT molecular complexity index is 227. The first-order valence-electron chi connectivity index (χ1n) is 7.42. The second kappa shape index (κ2) is 7.03. The maximum atomic E-state index is 12.3. The van der Waals surface area contributed by atoms with Gasteiger partial charge in [0.2, 0.25) is 5.91 Å². The van der Waals surface area contributed by atoms with E-state index in [1.54, 1.807) is 0 Å². The van der Waals surface area contributed by atoms with Crippen LogP contribution in [0.5, 0.6) is 0 Å². The summed E-state index contributed by atoms with van der Waals surface area (Å²) in [6, 6.07) is 0. The minimum absolute atomic E-state index is 0.0130. The van der Waals surface area contributed by atoms with E-state index in [2.05, 4.69) is 13.8 Å². The van der Waals surface area contributed by atoms with Crippen LogP contribution in [0, 0.1) is 5.41 Å². The van der Waals surface area contributed by atoms with Crippen molar-refractivity contribution >= 4 is 5.91 Å². The number of carbonyl (C=O) groups excluding carboxylic acids is 1. The highest BCUT2D eigenvalue weighted by molar-refractivity contribution is 5.84. The molecule has 1 saturated heterocycles. The summed E-state index contributed by atoms with van der Waals surface area (Å²) >= 11 is 0. The standard InChI is InChI=1S/C15H29NO/c1-4-6-8-10-15(11-9-7-5-2)12-13-16(3)14(15)17/h4-13H2,1-3H3. The van der Waals surface area contributed by atoms with Crippen molar-refractivity contribution < 1.29 is 4.79 Å². The van der Waals surface area contributed by atoms with Crippen molar-refractivity contribution in [3.05, 3.63) is 0 Å². The predicted molar refractivity (Wildman–Crippen MR) is 73.0 cm³/mol. The van der Waals surface area contributed by atoms with Gasteiger partial charge in [0, 0.05) is 13.6 Å². The number of carbonyl (C=O) groups is 1. The zero-order valence-electron chi connectivity index (χ0n) is 11.9. The van der Waals surface area contributed by atoms with Crippen LogP contribution < -0.4 is 0 Å².